The predicted molar refractivity (Wildman–Crippen MR) is 76.3 cm³/mol. The lowest BCUT2D eigenvalue weighted by atomic mass is 10.0. The first-order valence-corrected chi connectivity index (χ1v) is 6.61. The van der Waals surface area contributed by atoms with Gasteiger partial charge in [-0.3, -0.25) is 4.98 Å². The van der Waals surface area contributed by atoms with Crippen molar-refractivity contribution in [1.82, 2.24) is 10.3 Å². The van der Waals surface area contributed by atoms with Gasteiger partial charge in [0.15, 0.2) is 11.6 Å². The van der Waals surface area contributed by atoms with Crippen LogP contribution in [0.2, 0.25) is 0 Å². The van der Waals surface area contributed by atoms with Crippen LogP contribution in [0.3, 0.4) is 0 Å². The van der Waals surface area contributed by atoms with E-state index in [1.54, 1.807) is 31.5 Å². The van der Waals surface area contributed by atoms with Crippen LogP contribution >= 0.6 is 0 Å². The van der Waals surface area contributed by atoms with Crippen molar-refractivity contribution in [3.8, 4) is 11.1 Å². The topological polar surface area (TPSA) is 24.9 Å². The molecule has 4 heteroatoms. The molecule has 1 aromatic carbocycles. The van der Waals surface area contributed by atoms with E-state index in [0.29, 0.717) is 23.7 Å². The van der Waals surface area contributed by atoms with Crippen molar-refractivity contribution in [2.24, 2.45) is 0 Å². The number of pyridine rings is 1. The maximum absolute atomic E-state index is 14.0. The molecule has 0 fully saturated rings. The number of nitrogens with zero attached hydrogens (tertiary/aromatic N) is 1. The Labute approximate surface area is 117 Å². The summed E-state index contributed by atoms with van der Waals surface area (Å²) >= 11 is 0. The summed E-state index contributed by atoms with van der Waals surface area (Å²) in [4.78, 5) is 4.10. The minimum absolute atomic E-state index is 0.243. The Morgan fingerprint density at radius 1 is 1.15 bits per heavy atom. The van der Waals surface area contributed by atoms with Gasteiger partial charge in [0.05, 0.1) is 0 Å². The Morgan fingerprint density at radius 2 is 1.90 bits per heavy atom. The minimum Gasteiger partial charge on any atom is -0.310 e. The van der Waals surface area contributed by atoms with Gasteiger partial charge < -0.3 is 5.32 Å². The number of hydrogen-bond acceptors (Lipinski definition) is 2. The molecule has 0 amide bonds. The first kappa shape index (κ1) is 14.6. The summed E-state index contributed by atoms with van der Waals surface area (Å²) in [5.41, 5.74) is 2.07. The third-order valence-electron chi connectivity index (χ3n) is 3.10. The molecule has 2 rings (SSSR count). The lowest BCUT2D eigenvalue weighted by Crippen LogP contribution is -2.21. The Morgan fingerprint density at radius 3 is 2.60 bits per heavy atom. The van der Waals surface area contributed by atoms with E-state index in [1.807, 2.05) is 19.9 Å². The first-order valence-electron chi connectivity index (χ1n) is 6.61. The van der Waals surface area contributed by atoms with E-state index >= 15 is 0 Å². The quantitative estimate of drug-likeness (QED) is 0.918. The highest BCUT2D eigenvalue weighted by Gasteiger charge is 2.13. The van der Waals surface area contributed by atoms with Crippen LogP contribution < -0.4 is 5.32 Å². The molecule has 2 nitrogen and oxygen atoms in total. The predicted octanol–water partition coefficient (Wildman–Crippen LogP) is 3.83. The molecule has 0 saturated carbocycles. The van der Waals surface area contributed by atoms with Gasteiger partial charge in [0.25, 0.3) is 0 Å². The summed E-state index contributed by atoms with van der Waals surface area (Å²) < 4.78 is 27.6. The number of nitrogens with one attached hydrogen (secondary N) is 1. The van der Waals surface area contributed by atoms with Gasteiger partial charge in [-0.25, -0.2) is 8.78 Å². The molecule has 0 aliphatic heterocycles. The molecule has 0 saturated heterocycles. The van der Waals surface area contributed by atoms with Crippen LogP contribution in [0, 0.1) is 18.6 Å². The van der Waals surface area contributed by atoms with Crippen molar-refractivity contribution in [2.75, 3.05) is 0 Å². The Hall–Kier alpha value is -1.81. The van der Waals surface area contributed by atoms with Gasteiger partial charge >= 0.3 is 0 Å². The Kier molecular flexibility index (Phi) is 4.45. The maximum Gasteiger partial charge on any atom is 0.166 e. The number of aromatic nitrogens is 1. The van der Waals surface area contributed by atoms with E-state index in [9.17, 15) is 8.78 Å². The molecule has 0 unspecified atom stereocenters. The second-order valence-electron chi connectivity index (χ2n) is 5.18. The molecule has 106 valence electrons. The average molecular weight is 276 g/mol. The normalized spacial score (nSPS) is 11.1. The molecule has 2 aromatic rings. The van der Waals surface area contributed by atoms with Crippen LogP contribution in [0.15, 0.2) is 30.6 Å². The number of aryl methyl sites for hydroxylation is 1. The van der Waals surface area contributed by atoms with Gasteiger partial charge in [-0.05, 0) is 24.1 Å². The zero-order valence-corrected chi connectivity index (χ0v) is 11.9. The average Bonchev–Trinajstić information content (AvgIpc) is 2.43. The van der Waals surface area contributed by atoms with E-state index < -0.39 is 11.6 Å². The summed E-state index contributed by atoms with van der Waals surface area (Å²) in [6.07, 6.45) is 3.27. The van der Waals surface area contributed by atoms with Crippen molar-refractivity contribution >= 4 is 0 Å². The van der Waals surface area contributed by atoms with Crippen molar-refractivity contribution in [2.45, 2.75) is 33.4 Å². The minimum atomic E-state index is -0.819. The van der Waals surface area contributed by atoms with Crippen LogP contribution in [-0.2, 0) is 6.54 Å². The summed E-state index contributed by atoms with van der Waals surface area (Å²) in [6, 6.07) is 5.35. The molecule has 20 heavy (non-hydrogen) atoms. The van der Waals surface area contributed by atoms with Gasteiger partial charge in [-0.1, -0.05) is 26.0 Å². The molecule has 1 heterocycles. The number of rotatable bonds is 4. The largest absolute Gasteiger partial charge is 0.310 e. The van der Waals surface area contributed by atoms with Crippen LogP contribution in [0.1, 0.15) is 25.0 Å². The van der Waals surface area contributed by atoms with Crippen LogP contribution in [0.25, 0.3) is 11.1 Å². The third-order valence-corrected chi connectivity index (χ3v) is 3.10. The van der Waals surface area contributed by atoms with Crippen molar-refractivity contribution < 1.29 is 8.78 Å². The molecular formula is C16H18F2N2. The van der Waals surface area contributed by atoms with Crippen LogP contribution in [0.4, 0.5) is 8.78 Å². The lowest BCUT2D eigenvalue weighted by molar-refractivity contribution is 0.505. The highest BCUT2D eigenvalue weighted by Crippen LogP contribution is 2.26. The molecule has 0 bridgehead atoms. The fourth-order valence-electron chi connectivity index (χ4n) is 1.92. The highest BCUT2D eigenvalue weighted by atomic mass is 19.2. The van der Waals surface area contributed by atoms with Crippen molar-refractivity contribution in [1.29, 1.82) is 0 Å². The summed E-state index contributed by atoms with van der Waals surface area (Å²) in [7, 11) is 0. The van der Waals surface area contributed by atoms with E-state index in [0.717, 1.165) is 5.56 Å². The van der Waals surface area contributed by atoms with Gasteiger partial charge in [0.2, 0.25) is 0 Å². The maximum atomic E-state index is 14.0. The van der Waals surface area contributed by atoms with Crippen molar-refractivity contribution in [3.63, 3.8) is 0 Å². The van der Waals surface area contributed by atoms with Gasteiger partial charge in [-0.15, -0.1) is 0 Å². The number of hydrogen-bond donors (Lipinski definition) is 1. The fourth-order valence-corrected chi connectivity index (χ4v) is 1.92. The Bertz CT molecular complexity index is 609. The van der Waals surface area contributed by atoms with Crippen molar-refractivity contribution in [3.05, 3.63) is 53.4 Å². The summed E-state index contributed by atoms with van der Waals surface area (Å²) in [6.45, 7) is 6.29. The third kappa shape index (κ3) is 3.20. The van der Waals surface area contributed by atoms with Crippen LogP contribution in [0.5, 0.6) is 0 Å². The first-order chi connectivity index (χ1) is 9.49. The lowest BCUT2D eigenvalue weighted by Gasteiger charge is -2.10. The smallest absolute Gasteiger partial charge is 0.166 e. The zero-order chi connectivity index (χ0) is 14.7. The molecular weight excluding hydrogens is 258 g/mol. The number of halogens is 2. The molecule has 1 aromatic heterocycles. The van der Waals surface area contributed by atoms with E-state index in [4.69, 9.17) is 0 Å². The van der Waals surface area contributed by atoms with Gasteiger partial charge in [0, 0.05) is 36.1 Å². The molecule has 0 aliphatic rings. The second kappa shape index (κ2) is 6.09. The molecule has 0 aliphatic carbocycles. The second-order valence-corrected chi connectivity index (χ2v) is 5.18. The van der Waals surface area contributed by atoms with Gasteiger partial charge in [-0.2, -0.15) is 0 Å². The van der Waals surface area contributed by atoms with E-state index in [1.165, 1.54) is 0 Å². The standard InChI is InChI=1S/C16H18F2N2/c1-10(2)20-8-12-6-13(9-19-7-12)14-5-4-11(3)15(17)16(14)18/h4-7,9-10,20H,8H2,1-3H3. The van der Waals surface area contributed by atoms with Gasteiger partial charge in [0.1, 0.15) is 0 Å². The Balaban J connectivity index is 2.34. The number of benzene rings is 1. The molecule has 1 N–H and O–H groups in total. The molecule has 0 radical (unpaired) electrons. The monoisotopic (exact) mass is 276 g/mol. The van der Waals surface area contributed by atoms with Crippen LogP contribution in [-0.4, -0.2) is 11.0 Å². The van der Waals surface area contributed by atoms with E-state index in [2.05, 4.69) is 10.3 Å². The summed E-state index contributed by atoms with van der Waals surface area (Å²) in [5, 5.41) is 3.27. The SMILES string of the molecule is Cc1ccc(-c2cncc(CNC(C)C)c2)c(F)c1F. The zero-order valence-electron chi connectivity index (χ0n) is 11.9. The summed E-state index contributed by atoms with van der Waals surface area (Å²) in [5.74, 6) is -1.62. The fraction of sp³-hybridized carbons (Fsp3) is 0.312. The highest BCUT2D eigenvalue weighted by molar-refractivity contribution is 5.64. The molecule has 0 atom stereocenters. The van der Waals surface area contributed by atoms with E-state index in [-0.39, 0.29) is 5.56 Å². The molecule has 0 spiro atoms.